The van der Waals surface area contributed by atoms with E-state index in [1.807, 2.05) is 0 Å². The van der Waals surface area contributed by atoms with Crippen LogP contribution in [-0.2, 0) is 0 Å². The summed E-state index contributed by atoms with van der Waals surface area (Å²) in [6, 6.07) is 42.7. The second-order valence-corrected chi connectivity index (χ2v) is 21.5. The van der Waals surface area contributed by atoms with Crippen LogP contribution in [0.5, 0.6) is 46.0 Å². The van der Waals surface area contributed by atoms with Gasteiger partial charge in [-0.25, -0.2) is 19.6 Å². The summed E-state index contributed by atoms with van der Waals surface area (Å²) in [5, 5.41) is 4.95. The number of nitrogens with zero attached hydrogens (tertiary/aromatic N) is 4. The number of anilines is 4. The SMILES string of the molecule is COc1ccc2c3c(ccc(OC)c13)C(=O)N(c1ccc(N3C(=O)c4ccc(OC)c5c(OC)ccc(c45)C3=O)c3ccccc13)C2=O.COc1ccc2c3c(ccc(OC)c13)C(=O)N(c1ccc(N3C(=O)c4ccc(OC)c5c(OC)ccc(c45)C3=O)cc1)C2=O. The number of carbonyl (C=O) groups is 8. The number of hydrogen-bond acceptors (Lipinski definition) is 16. The van der Waals surface area contributed by atoms with E-state index in [0.717, 1.165) is 19.6 Å². The number of hydrogen-bond donors (Lipinski definition) is 0. The van der Waals surface area contributed by atoms with Crippen LogP contribution in [0.2, 0.25) is 0 Å². The van der Waals surface area contributed by atoms with Crippen molar-refractivity contribution in [2.75, 3.05) is 76.5 Å². The summed E-state index contributed by atoms with van der Waals surface area (Å²) < 4.78 is 44.2. The second kappa shape index (κ2) is 21.8. The van der Waals surface area contributed by atoms with Crippen molar-refractivity contribution in [2.45, 2.75) is 0 Å². The highest BCUT2D eigenvalue weighted by molar-refractivity contribution is 6.42. The molecule has 0 spiro atoms. The first-order valence-electron chi connectivity index (χ1n) is 28.6. The maximum Gasteiger partial charge on any atom is 0.266 e. The summed E-state index contributed by atoms with van der Waals surface area (Å²) in [5.74, 6) is -0.400. The molecule has 15 rings (SSSR count). The number of amides is 8. The first-order valence-corrected chi connectivity index (χ1v) is 28.6. The zero-order valence-electron chi connectivity index (χ0n) is 50.3. The molecule has 20 heteroatoms. The summed E-state index contributed by atoms with van der Waals surface area (Å²) >= 11 is 0. The van der Waals surface area contributed by atoms with Gasteiger partial charge in [-0.1, -0.05) is 24.3 Å². The lowest BCUT2D eigenvalue weighted by molar-refractivity contribution is 0.0876. The van der Waals surface area contributed by atoms with Gasteiger partial charge in [-0.15, -0.1) is 0 Å². The number of benzene rings is 11. The highest BCUT2D eigenvalue weighted by atomic mass is 16.5. The van der Waals surface area contributed by atoms with Gasteiger partial charge in [0.1, 0.15) is 46.0 Å². The van der Waals surface area contributed by atoms with Crippen molar-refractivity contribution < 1.29 is 76.3 Å². The topological polar surface area (TPSA) is 223 Å². The second-order valence-electron chi connectivity index (χ2n) is 21.5. The van der Waals surface area contributed by atoms with Gasteiger partial charge >= 0.3 is 0 Å². The van der Waals surface area contributed by atoms with Gasteiger partial charge in [-0.05, 0) is 133 Å². The van der Waals surface area contributed by atoms with Crippen molar-refractivity contribution in [3.8, 4) is 46.0 Å². The molecule has 0 saturated carbocycles. The van der Waals surface area contributed by atoms with Gasteiger partial charge in [-0.2, -0.15) is 0 Å². The van der Waals surface area contributed by atoms with Crippen molar-refractivity contribution in [3.63, 3.8) is 0 Å². The molecule has 0 atom stereocenters. The highest BCUT2D eigenvalue weighted by Gasteiger charge is 2.42. The van der Waals surface area contributed by atoms with E-state index < -0.39 is 47.3 Å². The molecule has 4 heterocycles. The molecule has 92 heavy (non-hydrogen) atoms. The maximum absolute atomic E-state index is 14.2. The summed E-state index contributed by atoms with van der Waals surface area (Å²) in [7, 11) is 12.1. The quantitative estimate of drug-likeness (QED) is 0.104. The monoisotopic (exact) mass is 1230 g/mol. The number of fused-ring (bicyclic) bond motifs is 1. The minimum absolute atomic E-state index is 0.281. The number of rotatable bonds is 12. The molecule has 0 N–H and O–H groups in total. The Morgan fingerprint density at radius 2 is 0.391 bits per heavy atom. The van der Waals surface area contributed by atoms with Gasteiger partial charge in [0, 0.05) is 76.8 Å². The van der Waals surface area contributed by atoms with Gasteiger partial charge in [0.15, 0.2) is 0 Å². The van der Waals surface area contributed by atoms with Gasteiger partial charge in [0.05, 0.1) is 101 Å². The fourth-order valence-corrected chi connectivity index (χ4v) is 13.2. The number of methoxy groups -OCH3 is 8. The average molecular weight is 1230 g/mol. The van der Waals surface area contributed by atoms with Gasteiger partial charge in [0.25, 0.3) is 47.3 Å². The van der Waals surface area contributed by atoms with Crippen LogP contribution >= 0.6 is 0 Å². The van der Waals surface area contributed by atoms with E-state index in [9.17, 15) is 38.4 Å². The van der Waals surface area contributed by atoms with E-state index in [4.69, 9.17) is 37.9 Å². The molecule has 0 unspecified atom stereocenters. The van der Waals surface area contributed by atoms with Gasteiger partial charge in [0.2, 0.25) is 0 Å². The minimum Gasteiger partial charge on any atom is -0.496 e. The molecule has 11 aromatic rings. The summed E-state index contributed by atoms with van der Waals surface area (Å²) in [6.07, 6.45) is 0. The lowest BCUT2D eigenvalue weighted by Crippen LogP contribution is -2.41. The van der Waals surface area contributed by atoms with E-state index in [1.165, 1.54) is 81.1 Å². The molecule has 0 bridgehead atoms. The molecule has 8 amide bonds. The molecule has 20 nitrogen and oxygen atoms in total. The molecule has 0 aliphatic carbocycles. The Bertz CT molecular complexity index is 4640. The van der Waals surface area contributed by atoms with Crippen molar-refractivity contribution in [2.24, 2.45) is 0 Å². The predicted octanol–water partition coefficient (Wildman–Crippen LogP) is 12.4. The van der Waals surface area contributed by atoms with E-state index in [-0.39, 0.29) is 11.4 Å². The van der Waals surface area contributed by atoms with Gasteiger partial charge < -0.3 is 37.9 Å². The Morgan fingerprint density at radius 3 is 0.576 bits per heavy atom. The zero-order chi connectivity index (χ0) is 64.3. The Balaban J connectivity index is 0.000000160. The number of carbonyl (C=O) groups excluding carboxylic acids is 8. The first-order chi connectivity index (χ1) is 44.7. The Labute approximate surface area is 522 Å². The zero-order valence-corrected chi connectivity index (χ0v) is 50.3. The molecule has 0 fully saturated rings. The largest absolute Gasteiger partial charge is 0.496 e. The van der Waals surface area contributed by atoms with Crippen LogP contribution in [0, 0.1) is 0 Å². The molecule has 11 aromatic carbocycles. The molecule has 4 aliphatic rings. The minimum atomic E-state index is -0.528. The van der Waals surface area contributed by atoms with Crippen LogP contribution in [0.25, 0.3) is 53.9 Å². The van der Waals surface area contributed by atoms with Crippen LogP contribution in [0.3, 0.4) is 0 Å². The van der Waals surface area contributed by atoms with E-state index in [1.54, 1.807) is 133 Å². The molecule has 0 saturated heterocycles. The van der Waals surface area contributed by atoms with Crippen molar-refractivity contribution in [3.05, 3.63) is 202 Å². The fourth-order valence-electron chi connectivity index (χ4n) is 13.2. The van der Waals surface area contributed by atoms with Crippen LogP contribution in [-0.4, -0.2) is 104 Å². The molecular formula is C72H50N4O16. The van der Waals surface area contributed by atoms with E-state index in [0.29, 0.717) is 156 Å². The lowest BCUT2D eigenvalue weighted by atomic mass is 9.91. The third kappa shape index (κ3) is 8.09. The van der Waals surface area contributed by atoms with Crippen LogP contribution in [0.15, 0.2) is 158 Å². The smallest absolute Gasteiger partial charge is 0.266 e. The van der Waals surface area contributed by atoms with Crippen LogP contribution in [0.4, 0.5) is 22.7 Å². The first kappa shape index (κ1) is 57.4. The van der Waals surface area contributed by atoms with Crippen molar-refractivity contribution >= 4 is 124 Å². The third-order valence-electron chi connectivity index (χ3n) is 17.3. The third-order valence-corrected chi connectivity index (χ3v) is 17.3. The predicted molar refractivity (Wildman–Crippen MR) is 343 cm³/mol. The normalized spacial score (nSPS) is 14.0. The summed E-state index contributed by atoms with van der Waals surface area (Å²) in [4.78, 5) is 116. The molecule has 0 radical (unpaired) electrons. The molecular weight excluding hydrogens is 1180 g/mol. The number of imide groups is 4. The lowest BCUT2D eigenvalue weighted by Gasteiger charge is -2.31. The molecule has 0 aromatic heterocycles. The highest BCUT2D eigenvalue weighted by Crippen LogP contribution is 2.49. The fraction of sp³-hybridized carbons (Fsp3) is 0.111. The van der Waals surface area contributed by atoms with Gasteiger partial charge in [-0.3, -0.25) is 38.4 Å². The summed E-state index contributed by atoms with van der Waals surface area (Å²) in [5.41, 5.74) is 3.68. The molecule has 4 aliphatic heterocycles. The van der Waals surface area contributed by atoms with Crippen LogP contribution in [0.1, 0.15) is 82.9 Å². The number of ether oxygens (including phenoxy) is 8. The van der Waals surface area contributed by atoms with Crippen LogP contribution < -0.4 is 57.5 Å². The Morgan fingerprint density at radius 1 is 0.207 bits per heavy atom. The average Bonchev–Trinajstić information content (AvgIpc) is 0.747. The maximum atomic E-state index is 14.2. The van der Waals surface area contributed by atoms with E-state index >= 15 is 0 Å². The van der Waals surface area contributed by atoms with Crippen molar-refractivity contribution in [1.82, 2.24) is 0 Å². The molecule has 454 valence electrons. The summed E-state index contributed by atoms with van der Waals surface area (Å²) in [6.45, 7) is 0. The Kier molecular flexibility index (Phi) is 13.6. The van der Waals surface area contributed by atoms with Crippen molar-refractivity contribution in [1.29, 1.82) is 0 Å². The standard InChI is InChI=1S/C38H26N2O8.C34H24N2O8/c1-45-27-15-9-21-31-22(10-16-28(46-2)33(27)31)36(42)39(35(21)41)25-13-14-26(20-8-6-5-7-19(20)25)40-37(43)23-11-17-29(47-3)34-30(48-4)18-12-24(32(23)34)38(40)44;1-41-23-13-9-19-27-20(10-14-24(42-2)29(23)27)32(38)35(31(19)37)17-5-7-18(8-6-17)36-33(39)21-11-15-25(43-3)30-26(44-4)16-12-22(28(21)30)34(36)40/h5-18H,1-4H3;5-16H,1-4H3. The Hall–Kier alpha value is -12.3. The van der Waals surface area contributed by atoms with E-state index in [2.05, 4.69) is 0 Å².